The van der Waals surface area contributed by atoms with E-state index in [0.717, 1.165) is 12.0 Å². The Hall–Kier alpha value is -2.11. The zero-order valence-electron chi connectivity index (χ0n) is 19.2. The molecule has 0 aromatic carbocycles. The van der Waals surface area contributed by atoms with Crippen LogP contribution in [0.2, 0.25) is 0 Å². The van der Waals surface area contributed by atoms with Gasteiger partial charge in [-0.05, 0) is 29.6 Å². The van der Waals surface area contributed by atoms with Crippen LogP contribution in [0.1, 0.15) is 67.7 Å². The molecule has 29 heavy (non-hydrogen) atoms. The van der Waals surface area contributed by atoms with Crippen molar-refractivity contribution in [2.45, 2.75) is 67.7 Å². The highest BCUT2D eigenvalue weighted by Crippen LogP contribution is 2.42. The lowest BCUT2D eigenvalue weighted by Gasteiger charge is -2.40. The van der Waals surface area contributed by atoms with Crippen molar-refractivity contribution in [3.63, 3.8) is 0 Å². The van der Waals surface area contributed by atoms with Crippen molar-refractivity contribution in [1.82, 2.24) is 0 Å². The van der Waals surface area contributed by atoms with E-state index in [9.17, 15) is 14.4 Å². The van der Waals surface area contributed by atoms with Gasteiger partial charge in [-0.2, -0.15) is 0 Å². The van der Waals surface area contributed by atoms with Crippen molar-refractivity contribution < 1.29 is 29.0 Å². The van der Waals surface area contributed by atoms with Crippen molar-refractivity contribution in [3.8, 4) is 0 Å². The minimum absolute atomic E-state index is 0.0875. The Morgan fingerprint density at radius 1 is 1.00 bits per heavy atom. The predicted octanol–water partition coefficient (Wildman–Crippen LogP) is 5.03. The zero-order valence-corrected chi connectivity index (χ0v) is 19.2. The first kappa shape index (κ1) is 29.1. The normalized spacial score (nSPS) is 12.3. The summed E-state index contributed by atoms with van der Waals surface area (Å²) in [4.78, 5) is 32.7. The smallest absolute Gasteiger partial charge is 0.330 e. The van der Waals surface area contributed by atoms with Gasteiger partial charge in [-0.25, -0.2) is 4.79 Å². The van der Waals surface area contributed by atoms with Gasteiger partial charge in [0.1, 0.15) is 13.2 Å². The van der Waals surface area contributed by atoms with Crippen LogP contribution in [0.5, 0.6) is 0 Å². The van der Waals surface area contributed by atoms with E-state index < -0.39 is 23.8 Å². The maximum Gasteiger partial charge on any atom is 0.330 e. The lowest BCUT2D eigenvalue weighted by Crippen LogP contribution is -2.30. The summed E-state index contributed by atoms with van der Waals surface area (Å²) in [6.07, 6.45) is 3.69. The second kappa shape index (κ2) is 14.0. The van der Waals surface area contributed by atoms with Gasteiger partial charge < -0.3 is 14.6 Å². The molecule has 0 amide bonds. The highest BCUT2D eigenvalue weighted by Gasteiger charge is 2.32. The fourth-order valence-corrected chi connectivity index (χ4v) is 2.42. The predicted molar refractivity (Wildman–Crippen MR) is 115 cm³/mol. The average Bonchev–Trinajstić information content (AvgIpc) is 2.56. The summed E-state index contributed by atoms with van der Waals surface area (Å²) >= 11 is 0. The van der Waals surface area contributed by atoms with Gasteiger partial charge in [0, 0.05) is 6.08 Å². The van der Waals surface area contributed by atoms with Gasteiger partial charge in [-0.1, -0.05) is 61.1 Å². The molecule has 0 fully saturated rings. The number of carbonyl (C=O) groups is 3. The SMILES string of the molecule is C=CCC(CC(=O)OCCOC(=O)C=C)C(=O)O.CC(C)CC(C)(C)C(C)(C)C. The molecule has 0 aromatic heterocycles. The lowest BCUT2D eigenvalue weighted by atomic mass is 9.65. The van der Waals surface area contributed by atoms with E-state index in [1.807, 2.05) is 0 Å². The van der Waals surface area contributed by atoms with Crippen LogP contribution in [0, 0.1) is 22.7 Å². The number of allylic oxidation sites excluding steroid dienone is 1. The summed E-state index contributed by atoms with van der Waals surface area (Å²) in [5.74, 6) is -2.38. The molecule has 0 aliphatic heterocycles. The molecule has 6 heteroatoms. The van der Waals surface area contributed by atoms with Crippen molar-refractivity contribution in [1.29, 1.82) is 0 Å². The maximum atomic E-state index is 11.3. The quantitative estimate of drug-likeness (QED) is 0.221. The maximum absolute atomic E-state index is 11.3. The van der Waals surface area contributed by atoms with Crippen molar-refractivity contribution in [2.75, 3.05) is 13.2 Å². The highest BCUT2D eigenvalue weighted by atomic mass is 16.6. The molecule has 0 saturated heterocycles. The topological polar surface area (TPSA) is 89.9 Å². The molecule has 168 valence electrons. The Balaban J connectivity index is 0. The van der Waals surface area contributed by atoms with E-state index in [1.54, 1.807) is 0 Å². The minimum atomic E-state index is -1.08. The van der Waals surface area contributed by atoms with E-state index in [0.29, 0.717) is 10.8 Å². The van der Waals surface area contributed by atoms with Crippen LogP contribution in [0.15, 0.2) is 25.3 Å². The summed E-state index contributed by atoms with van der Waals surface area (Å²) in [5, 5.41) is 8.79. The molecule has 0 rings (SSSR count). The van der Waals surface area contributed by atoms with E-state index in [1.165, 1.54) is 12.5 Å². The Bertz CT molecular complexity index is 540. The van der Waals surface area contributed by atoms with Gasteiger partial charge >= 0.3 is 17.9 Å². The molecule has 6 nitrogen and oxygen atoms in total. The third kappa shape index (κ3) is 14.5. The first-order valence-electron chi connectivity index (χ1n) is 9.96. The lowest BCUT2D eigenvalue weighted by molar-refractivity contribution is -0.154. The second-order valence-corrected chi connectivity index (χ2v) is 9.09. The number of hydrogen-bond donors (Lipinski definition) is 1. The summed E-state index contributed by atoms with van der Waals surface area (Å²) in [7, 11) is 0. The molecule has 0 radical (unpaired) electrons. The standard InChI is InChI=1S/C12H16O6.C11H24/c1-3-5-9(12(15)16)8-11(14)18-7-6-17-10(13)4-2;1-9(2)8-11(6,7)10(3,4)5/h3-4,9H,1-2,5-8H2,(H,15,16);9H,8H2,1-7H3. The van der Waals surface area contributed by atoms with E-state index >= 15 is 0 Å². The Labute approximate surface area is 176 Å². The van der Waals surface area contributed by atoms with Crippen LogP contribution < -0.4 is 0 Å². The van der Waals surface area contributed by atoms with Gasteiger partial charge in [0.2, 0.25) is 0 Å². The summed E-state index contributed by atoms with van der Waals surface area (Å²) < 4.78 is 9.29. The second-order valence-electron chi connectivity index (χ2n) is 9.09. The molecule has 0 saturated carbocycles. The van der Waals surface area contributed by atoms with E-state index in [4.69, 9.17) is 9.84 Å². The van der Waals surface area contributed by atoms with Gasteiger partial charge in [0.05, 0.1) is 12.3 Å². The number of esters is 2. The van der Waals surface area contributed by atoms with Crippen molar-refractivity contribution in [2.24, 2.45) is 22.7 Å². The number of hydrogen-bond acceptors (Lipinski definition) is 5. The number of carboxylic acids is 1. The molecule has 0 aromatic rings. The number of aliphatic carboxylic acids is 1. The molecule has 0 bridgehead atoms. The molecular weight excluding hydrogens is 372 g/mol. The molecule has 0 aliphatic carbocycles. The Morgan fingerprint density at radius 3 is 1.86 bits per heavy atom. The van der Waals surface area contributed by atoms with Gasteiger partial charge in [0.15, 0.2) is 0 Å². The van der Waals surface area contributed by atoms with Crippen LogP contribution in [0.3, 0.4) is 0 Å². The summed E-state index contributed by atoms with van der Waals surface area (Å²) in [6, 6.07) is 0. The minimum Gasteiger partial charge on any atom is -0.481 e. The Morgan fingerprint density at radius 2 is 1.52 bits per heavy atom. The number of carboxylic acid groups (broad SMARTS) is 1. The summed E-state index contributed by atoms with van der Waals surface area (Å²) in [6.45, 7) is 22.7. The first-order valence-corrected chi connectivity index (χ1v) is 9.96. The zero-order chi connectivity index (χ0) is 23.3. The van der Waals surface area contributed by atoms with Crippen LogP contribution in [0.25, 0.3) is 0 Å². The molecule has 0 aliphatic rings. The van der Waals surface area contributed by atoms with Crippen LogP contribution in [-0.2, 0) is 23.9 Å². The van der Waals surface area contributed by atoms with Crippen LogP contribution in [0.4, 0.5) is 0 Å². The first-order chi connectivity index (χ1) is 13.2. The number of carbonyl (C=O) groups excluding carboxylic acids is 2. The molecule has 0 spiro atoms. The van der Waals surface area contributed by atoms with E-state index in [2.05, 4.69) is 66.4 Å². The fraction of sp³-hybridized carbons (Fsp3) is 0.696. The third-order valence-electron chi connectivity index (χ3n) is 4.92. The molecule has 1 unspecified atom stereocenters. The Kier molecular flexibility index (Phi) is 14.0. The molecule has 1 atom stereocenters. The van der Waals surface area contributed by atoms with Gasteiger partial charge in [0.25, 0.3) is 0 Å². The molecule has 0 heterocycles. The highest BCUT2D eigenvalue weighted by molar-refractivity contribution is 5.81. The van der Waals surface area contributed by atoms with Crippen molar-refractivity contribution >= 4 is 17.9 Å². The van der Waals surface area contributed by atoms with Crippen LogP contribution in [-0.4, -0.2) is 36.2 Å². The molecular formula is C23H40O6. The largest absolute Gasteiger partial charge is 0.481 e. The van der Waals surface area contributed by atoms with Gasteiger partial charge in [-0.15, -0.1) is 6.58 Å². The summed E-state index contributed by atoms with van der Waals surface area (Å²) in [5.41, 5.74) is 0.887. The monoisotopic (exact) mass is 412 g/mol. The fourth-order valence-electron chi connectivity index (χ4n) is 2.42. The number of rotatable bonds is 11. The van der Waals surface area contributed by atoms with E-state index in [-0.39, 0.29) is 26.1 Å². The average molecular weight is 413 g/mol. The molecule has 1 N–H and O–H groups in total. The van der Waals surface area contributed by atoms with Crippen molar-refractivity contribution in [3.05, 3.63) is 25.3 Å². The van der Waals surface area contributed by atoms with Gasteiger partial charge in [-0.3, -0.25) is 9.59 Å². The van der Waals surface area contributed by atoms with Crippen LogP contribution >= 0.6 is 0 Å². The number of ether oxygens (including phenoxy) is 2. The third-order valence-corrected chi connectivity index (χ3v) is 4.92.